The van der Waals surface area contributed by atoms with Gasteiger partial charge >= 0.3 is 12.4 Å². The molecular weight excluding hydrogens is 473 g/mol. The Morgan fingerprint density at radius 1 is 0.971 bits per heavy atom. The third-order valence-corrected chi connectivity index (χ3v) is 4.49. The predicted octanol–water partition coefficient (Wildman–Crippen LogP) is 5.53. The molecule has 1 aromatic carbocycles. The van der Waals surface area contributed by atoms with Gasteiger partial charge in [0.1, 0.15) is 22.8 Å². The average Bonchev–Trinajstić information content (AvgIpc) is 3.15. The normalized spacial score (nSPS) is 12.1. The number of rotatable bonds is 4. The van der Waals surface area contributed by atoms with Gasteiger partial charge < -0.3 is 15.6 Å². The zero-order valence-corrected chi connectivity index (χ0v) is 16.5. The van der Waals surface area contributed by atoms with Crippen LogP contribution in [0.1, 0.15) is 21.6 Å². The molecule has 0 bridgehead atoms. The third kappa shape index (κ3) is 4.74. The van der Waals surface area contributed by atoms with Crippen LogP contribution in [0.2, 0.25) is 0 Å². The Kier molecular flexibility index (Phi) is 5.59. The molecule has 0 aliphatic heterocycles. The maximum Gasteiger partial charge on any atom is 0.418 e. The molecule has 3 N–H and O–H groups in total. The molecule has 0 saturated carbocycles. The topological polar surface area (TPSA) is 95.6 Å². The molecule has 34 heavy (non-hydrogen) atoms. The third-order valence-electron chi connectivity index (χ3n) is 4.49. The van der Waals surface area contributed by atoms with Crippen LogP contribution in [0.15, 0.2) is 48.8 Å². The number of fused-ring (bicyclic) bond motifs is 1. The number of pyridine rings is 2. The van der Waals surface area contributed by atoms with E-state index in [1.54, 1.807) is 0 Å². The number of benzene rings is 1. The number of nitrogens with one attached hydrogen (secondary N) is 3. The fraction of sp³-hybridized carbons (Fsp3) is 0.100. The Balaban J connectivity index is 1.59. The Hall–Kier alpha value is -4.23. The quantitative estimate of drug-likeness (QED) is 0.332. The van der Waals surface area contributed by atoms with E-state index in [1.165, 1.54) is 6.07 Å². The number of aromatic amines is 1. The number of imidazole rings is 1. The van der Waals surface area contributed by atoms with Crippen LogP contribution in [0, 0.1) is 5.82 Å². The van der Waals surface area contributed by atoms with E-state index in [-0.39, 0.29) is 28.5 Å². The average molecular weight is 484 g/mol. The Morgan fingerprint density at radius 2 is 1.74 bits per heavy atom. The number of halogens is 7. The Bertz CT molecular complexity index is 1380. The van der Waals surface area contributed by atoms with Crippen LogP contribution in [-0.4, -0.2) is 25.8 Å². The van der Waals surface area contributed by atoms with Crippen molar-refractivity contribution in [3.8, 4) is 0 Å². The Labute approximate surface area is 185 Å². The minimum absolute atomic E-state index is 0.126. The summed E-state index contributed by atoms with van der Waals surface area (Å²) < 4.78 is 92.1. The van der Waals surface area contributed by atoms with Crippen molar-refractivity contribution in [1.29, 1.82) is 0 Å². The number of carbonyl (C=O) groups is 1. The van der Waals surface area contributed by atoms with E-state index in [9.17, 15) is 35.5 Å². The summed E-state index contributed by atoms with van der Waals surface area (Å²) >= 11 is 0. The number of nitrogens with zero attached hydrogens (tertiary/aromatic N) is 3. The number of H-pyrrole nitrogens is 1. The van der Waals surface area contributed by atoms with Gasteiger partial charge in [-0.25, -0.2) is 19.3 Å². The van der Waals surface area contributed by atoms with Crippen LogP contribution >= 0.6 is 0 Å². The van der Waals surface area contributed by atoms with Crippen LogP contribution < -0.4 is 10.6 Å². The second-order valence-electron chi connectivity index (χ2n) is 6.84. The Morgan fingerprint density at radius 3 is 2.44 bits per heavy atom. The van der Waals surface area contributed by atoms with Crippen LogP contribution in [0.5, 0.6) is 0 Å². The lowest BCUT2D eigenvalue weighted by Crippen LogP contribution is -2.15. The van der Waals surface area contributed by atoms with Crippen molar-refractivity contribution in [1.82, 2.24) is 19.9 Å². The highest BCUT2D eigenvalue weighted by atomic mass is 19.4. The molecule has 0 saturated heterocycles. The minimum atomic E-state index is -4.83. The summed E-state index contributed by atoms with van der Waals surface area (Å²) in [5, 5.41) is 4.42. The zero-order valence-electron chi connectivity index (χ0n) is 16.5. The van der Waals surface area contributed by atoms with Crippen molar-refractivity contribution in [3.05, 3.63) is 71.4 Å². The number of para-hydroxylation sites is 1. The fourth-order valence-corrected chi connectivity index (χ4v) is 2.96. The maximum atomic E-state index is 14.1. The van der Waals surface area contributed by atoms with Crippen LogP contribution in [0.25, 0.3) is 11.0 Å². The summed E-state index contributed by atoms with van der Waals surface area (Å²) in [6, 6.07) is 4.99. The molecule has 1 amide bonds. The summed E-state index contributed by atoms with van der Waals surface area (Å²) in [6.07, 6.45) is -7.48. The number of carbonyl (C=O) groups excluding carboxylic acids is 1. The largest absolute Gasteiger partial charge is 0.418 e. The summed E-state index contributed by atoms with van der Waals surface area (Å²) in [7, 11) is 0. The fourth-order valence-electron chi connectivity index (χ4n) is 2.96. The van der Waals surface area contributed by atoms with E-state index in [0.29, 0.717) is 12.1 Å². The summed E-state index contributed by atoms with van der Waals surface area (Å²) in [5.41, 5.74) is -3.10. The van der Waals surface area contributed by atoms with Crippen molar-refractivity contribution < 1.29 is 35.5 Å². The smallest absolute Gasteiger partial charge is 0.324 e. The van der Waals surface area contributed by atoms with E-state index in [4.69, 9.17) is 0 Å². The monoisotopic (exact) mass is 484 g/mol. The van der Waals surface area contributed by atoms with Crippen molar-refractivity contribution >= 4 is 34.4 Å². The van der Waals surface area contributed by atoms with Gasteiger partial charge in [0.15, 0.2) is 0 Å². The molecule has 0 spiro atoms. The molecule has 0 unspecified atom stereocenters. The molecule has 7 nitrogen and oxygen atoms in total. The van der Waals surface area contributed by atoms with Gasteiger partial charge in [-0.2, -0.15) is 26.3 Å². The molecule has 0 radical (unpaired) electrons. The highest BCUT2D eigenvalue weighted by Gasteiger charge is 2.35. The van der Waals surface area contributed by atoms with Crippen LogP contribution in [0.4, 0.5) is 48.2 Å². The number of hydrogen-bond acceptors (Lipinski definition) is 5. The van der Waals surface area contributed by atoms with E-state index in [1.807, 2.05) is 0 Å². The van der Waals surface area contributed by atoms with Gasteiger partial charge in [-0.15, -0.1) is 0 Å². The summed E-state index contributed by atoms with van der Waals surface area (Å²) in [4.78, 5) is 26.5. The van der Waals surface area contributed by atoms with Crippen molar-refractivity contribution in [2.45, 2.75) is 12.4 Å². The van der Waals surface area contributed by atoms with E-state index in [0.717, 1.165) is 30.6 Å². The van der Waals surface area contributed by atoms with Crippen molar-refractivity contribution in [3.63, 3.8) is 0 Å². The highest BCUT2D eigenvalue weighted by molar-refractivity contribution is 6.03. The first-order valence-corrected chi connectivity index (χ1v) is 9.25. The zero-order chi connectivity index (χ0) is 24.7. The molecule has 3 heterocycles. The molecule has 0 aliphatic carbocycles. The van der Waals surface area contributed by atoms with Crippen molar-refractivity contribution in [2.24, 2.45) is 0 Å². The van der Waals surface area contributed by atoms with Crippen molar-refractivity contribution in [2.75, 3.05) is 10.6 Å². The van der Waals surface area contributed by atoms with E-state index < -0.39 is 40.9 Å². The van der Waals surface area contributed by atoms with Crippen LogP contribution in [0.3, 0.4) is 0 Å². The first-order chi connectivity index (χ1) is 15.9. The highest BCUT2D eigenvalue weighted by Crippen LogP contribution is 2.37. The van der Waals surface area contributed by atoms with Gasteiger partial charge in [-0.1, -0.05) is 6.07 Å². The molecule has 176 valence electrons. The van der Waals surface area contributed by atoms with Gasteiger partial charge in [0, 0.05) is 6.20 Å². The van der Waals surface area contributed by atoms with Gasteiger partial charge in [0.05, 0.1) is 28.5 Å². The molecule has 0 fully saturated rings. The number of amides is 1. The SMILES string of the molecule is O=C(Nc1cc(C(F)(F)F)ccn1)c1cc2[nH]c(Nc3c(F)cccc3C(F)(F)F)nc2cn1. The lowest BCUT2D eigenvalue weighted by molar-refractivity contribution is -0.138. The predicted molar refractivity (Wildman–Crippen MR) is 106 cm³/mol. The summed E-state index contributed by atoms with van der Waals surface area (Å²) in [6.45, 7) is 0. The van der Waals surface area contributed by atoms with E-state index >= 15 is 0 Å². The number of hydrogen-bond donors (Lipinski definition) is 3. The number of alkyl halides is 6. The molecule has 4 rings (SSSR count). The summed E-state index contributed by atoms with van der Waals surface area (Å²) in [5.74, 6) is -2.69. The first kappa shape index (κ1) is 22.9. The lowest BCUT2D eigenvalue weighted by atomic mass is 10.1. The lowest BCUT2D eigenvalue weighted by Gasteiger charge is -2.13. The maximum absolute atomic E-state index is 14.1. The second kappa shape index (κ2) is 8.28. The first-order valence-electron chi connectivity index (χ1n) is 9.25. The molecule has 0 aliphatic rings. The van der Waals surface area contributed by atoms with Crippen LogP contribution in [-0.2, 0) is 12.4 Å². The number of anilines is 3. The number of aromatic nitrogens is 4. The second-order valence-corrected chi connectivity index (χ2v) is 6.84. The van der Waals surface area contributed by atoms with Gasteiger partial charge in [-0.3, -0.25) is 4.79 Å². The molecule has 14 heteroatoms. The van der Waals surface area contributed by atoms with Gasteiger partial charge in [0.2, 0.25) is 5.95 Å². The molecular formula is C20H11F7N6O. The minimum Gasteiger partial charge on any atom is -0.324 e. The molecule has 4 aromatic rings. The van der Waals surface area contributed by atoms with E-state index in [2.05, 4.69) is 30.6 Å². The molecule has 0 atom stereocenters. The van der Waals surface area contributed by atoms with Gasteiger partial charge in [0.25, 0.3) is 5.91 Å². The molecule has 3 aromatic heterocycles. The standard InChI is InChI=1S/C20H11F7N6O/c21-11-3-1-2-10(20(25,26)27)16(11)33-18-30-12-7-13(29-8-14(12)31-18)17(34)32-15-6-9(4-5-28-15)19(22,23)24/h1-8H,(H,28,32,34)(H2,30,31,33). The van der Waals surface area contributed by atoms with Gasteiger partial charge in [-0.05, 0) is 30.3 Å².